The second-order valence-electron chi connectivity index (χ2n) is 9.81. The predicted octanol–water partition coefficient (Wildman–Crippen LogP) is 5.76. The van der Waals surface area contributed by atoms with Crippen molar-refractivity contribution >= 4 is 11.7 Å². The third-order valence-corrected chi connectivity index (χ3v) is 7.78. The van der Waals surface area contributed by atoms with E-state index in [1.807, 2.05) is 12.1 Å². The fraction of sp³-hybridized carbons (Fsp3) is 0.577. The molecule has 4 nitrogen and oxygen atoms in total. The second-order valence-corrected chi connectivity index (χ2v) is 9.81. The third-order valence-electron chi connectivity index (χ3n) is 7.78. The van der Waals surface area contributed by atoms with Crippen LogP contribution < -0.4 is 4.90 Å². The zero-order chi connectivity index (χ0) is 22.7. The van der Waals surface area contributed by atoms with Crippen LogP contribution in [0.4, 0.5) is 14.5 Å². The summed E-state index contributed by atoms with van der Waals surface area (Å²) in [5.41, 5.74) is 4.78. The molecule has 0 bridgehead atoms. The minimum absolute atomic E-state index is 0.0626. The molecule has 0 aromatic heterocycles. The van der Waals surface area contributed by atoms with Crippen LogP contribution in [0.2, 0.25) is 0 Å². The Bertz CT molecular complexity index is 866. The molecular formula is C26H34F2N2O2. The minimum Gasteiger partial charge on any atom is -0.478 e. The largest absolute Gasteiger partial charge is 0.478 e. The molecule has 4 rings (SSSR count). The van der Waals surface area contributed by atoms with Crippen LogP contribution in [0.3, 0.4) is 0 Å². The summed E-state index contributed by atoms with van der Waals surface area (Å²) in [5.74, 6) is -0.904. The highest BCUT2D eigenvalue weighted by Gasteiger charge is 2.40. The number of anilines is 1. The predicted molar refractivity (Wildman–Crippen MR) is 124 cm³/mol. The van der Waals surface area contributed by atoms with Crippen molar-refractivity contribution in [3.63, 3.8) is 0 Å². The van der Waals surface area contributed by atoms with E-state index in [4.69, 9.17) is 5.11 Å². The van der Waals surface area contributed by atoms with Crippen molar-refractivity contribution in [3.05, 3.63) is 53.1 Å². The van der Waals surface area contributed by atoms with E-state index in [2.05, 4.69) is 16.4 Å². The van der Waals surface area contributed by atoms with Gasteiger partial charge in [0.25, 0.3) is 6.43 Å². The van der Waals surface area contributed by atoms with E-state index >= 15 is 0 Å². The SMILES string of the molecule is C=C(CCC1=C(CN2CCN(c3ccc(C(=O)O)cc3)CC2)CCC2(CCC2)C1)C(F)F. The molecule has 0 unspecified atom stereocenters. The number of nitrogens with zero attached hydrogens (tertiary/aromatic N) is 2. The minimum atomic E-state index is -2.42. The van der Waals surface area contributed by atoms with Gasteiger partial charge in [-0.1, -0.05) is 24.1 Å². The molecule has 1 saturated heterocycles. The molecule has 6 heteroatoms. The Hall–Kier alpha value is -2.21. The standard InChI is InChI=1S/C26H34F2N2O2/c1-19(24(27)28)3-4-21-17-26(10-2-11-26)12-9-22(21)18-29-13-15-30(16-14-29)23-7-5-20(6-8-23)25(31)32/h5-8,24H,1-4,9-18H2,(H,31,32). The molecule has 0 radical (unpaired) electrons. The zero-order valence-electron chi connectivity index (χ0n) is 18.8. The van der Waals surface area contributed by atoms with E-state index in [1.54, 1.807) is 12.1 Å². The first-order valence-corrected chi connectivity index (χ1v) is 11.8. The Morgan fingerprint density at radius 1 is 1.06 bits per heavy atom. The maximum atomic E-state index is 13.0. The summed E-state index contributed by atoms with van der Waals surface area (Å²) in [6, 6.07) is 7.09. The van der Waals surface area contributed by atoms with Crippen molar-refractivity contribution in [2.45, 2.75) is 57.8 Å². The van der Waals surface area contributed by atoms with Gasteiger partial charge in [0, 0.05) is 38.4 Å². The van der Waals surface area contributed by atoms with Crippen molar-refractivity contribution in [2.75, 3.05) is 37.6 Å². The molecule has 1 aliphatic heterocycles. The molecular weight excluding hydrogens is 410 g/mol. The molecule has 1 aromatic rings. The van der Waals surface area contributed by atoms with Crippen LogP contribution in [-0.2, 0) is 0 Å². The fourth-order valence-electron chi connectivity index (χ4n) is 5.49. The van der Waals surface area contributed by atoms with E-state index < -0.39 is 12.4 Å². The molecule has 2 aliphatic carbocycles. The maximum Gasteiger partial charge on any atom is 0.335 e. The van der Waals surface area contributed by atoms with Crippen LogP contribution in [0.5, 0.6) is 0 Å². The summed E-state index contributed by atoms with van der Waals surface area (Å²) in [7, 11) is 0. The van der Waals surface area contributed by atoms with Gasteiger partial charge in [-0.3, -0.25) is 4.90 Å². The lowest BCUT2D eigenvalue weighted by molar-refractivity contribution is 0.0697. The normalized spacial score (nSPS) is 21.2. The lowest BCUT2D eigenvalue weighted by Gasteiger charge is -2.47. The van der Waals surface area contributed by atoms with Gasteiger partial charge in [0.15, 0.2) is 0 Å². The average Bonchev–Trinajstić information content (AvgIpc) is 2.77. The zero-order valence-corrected chi connectivity index (χ0v) is 18.8. The number of piperazine rings is 1. The van der Waals surface area contributed by atoms with E-state index in [-0.39, 0.29) is 5.57 Å². The van der Waals surface area contributed by atoms with Crippen LogP contribution in [0.25, 0.3) is 0 Å². The van der Waals surface area contributed by atoms with Crippen molar-refractivity contribution in [3.8, 4) is 0 Å². The van der Waals surface area contributed by atoms with Gasteiger partial charge in [0.05, 0.1) is 5.56 Å². The highest BCUT2D eigenvalue weighted by Crippen LogP contribution is 2.53. The quantitative estimate of drug-likeness (QED) is 0.518. The second kappa shape index (κ2) is 9.74. The number of carboxylic acid groups (broad SMARTS) is 1. The molecule has 1 spiro atoms. The van der Waals surface area contributed by atoms with Gasteiger partial charge in [-0.15, -0.1) is 0 Å². The highest BCUT2D eigenvalue weighted by molar-refractivity contribution is 5.88. The Kier molecular flexibility index (Phi) is 6.99. The van der Waals surface area contributed by atoms with Crippen molar-refractivity contribution < 1.29 is 18.7 Å². The molecule has 174 valence electrons. The van der Waals surface area contributed by atoms with Gasteiger partial charge in [0.2, 0.25) is 0 Å². The van der Waals surface area contributed by atoms with Crippen LogP contribution in [0.1, 0.15) is 61.7 Å². The molecule has 0 amide bonds. The van der Waals surface area contributed by atoms with Gasteiger partial charge in [-0.05, 0) is 80.2 Å². The number of rotatable bonds is 8. The molecule has 3 aliphatic rings. The smallest absolute Gasteiger partial charge is 0.335 e. The first-order valence-electron chi connectivity index (χ1n) is 11.8. The number of alkyl halides is 2. The Labute approximate surface area is 189 Å². The van der Waals surface area contributed by atoms with Crippen LogP contribution in [-0.4, -0.2) is 55.1 Å². The van der Waals surface area contributed by atoms with Gasteiger partial charge in [-0.25, -0.2) is 13.6 Å². The Balaban J connectivity index is 1.36. The van der Waals surface area contributed by atoms with Crippen LogP contribution in [0.15, 0.2) is 47.6 Å². The third kappa shape index (κ3) is 5.22. The van der Waals surface area contributed by atoms with Gasteiger partial charge >= 0.3 is 5.97 Å². The Morgan fingerprint density at radius 2 is 1.75 bits per heavy atom. The van der Waals surface area contributed by atoms with Crippen molar-refractivity contribution in [2.24, 2.45) is 5.41 Å². The highest BCUT2D eigenvalue weighted by atomic mass is 19.3. The number of carboxylic acids is 1. The number of hydrogen-bond donors (Lipinski definition) is 1. The molecule has 1 saturated carbocycles. The summed E-state index contributed by atoms with van der Waals surface area (Å²) in [5, 5.41) is 9.08. The molecule has 1 aromatic carbocycles. The molecule has 1 heterocycles. The first-order chi connectivity index (χ1) is 15.3. The van der Waals surface area contributed by atoms with Crippen molar-refractivity contribution in [1.82, 2.24) is 4.90 Å². The summed E-state index contributed by atoms with van der Waals surface area (Å²) in [6.07, 6.45) is 6.04. The molecule has 2 fully saturated rings. The number of halogens is 2. The van der Waals surface area contributed by atoms with E-state index in [1.165, 1.54) is 36.8 Å². The lowest BCUT2D eigenvalue weighted by Crippen LogP contribution is -2.47. The molecule has 32 heavy (non-hydrogen) atoms. The Morgan fingerprint density at radius 3 is 2.31 bits per heavy atom. The van der Waals surface area contributed by atoms with Gasteiger partial charge in [-0.2, -0.15) is 0 Å². The van der Waals surface area contributed by atoms with Gasteiger partial charge in [0.1, 0.15) is 0 Å². The summed E-state index contributed by atoms with van der Waals surface area (Å²) >= 11 is 0. The summed E-state index contributed by atoms with van der Waals surface area (Å²) in [6.45, 7) is 8.23. The number of benzene rings is 1. The van der Waals surface area contributed by atoms with Crippen LogP contribution >= 0.6 is 0 Å². The topological polar surface area (TPSA) is 43.8 Å². The fourth-order valence-corrected chi connectivity index (χ4v) is 5.49. The average molecular weight is 445 g/mol. The van der Waals surface area contributed by atoms with E-state index in [0.29, 0.717) is 17.4 Å². The van der Waals surface area contributed by atoms with Crippen molar-refractivity contribution in [1.29, 1.82) is 0 Å². The first kappa shape index (κ1) is 23.0. The number of allylic oxidation sites excluding steroid dienone is 2. The lowest BCUT2D eigenvalue weighted by atomic mass is 9.59. The monoisotopic (exact) mass is 444 g/mol. The number of aromatic carboxylic acids is 1. The molecule has 1 N–H and O–H groups in total. The maximum absolute atomic E-state index is 13.0. The number of hydrogen-bond acceptors (Lipinski definition) is 3. The summed E-state index contributed by atoms with van der Waals surface area (Å²) in [4.78, 5) is 15.8. The summed E-state index contributed by atoms with van der Waals surface area (Å²) < 4.78 is 25.9. The van der Waals surface area contributed by atoms with Gasteiger partial charge < -0.3 is 10.0 Å². The molecule has 0 atom stereocenters. The van der Waals surface area contributed by atoms with E-state index in [9.17, 15) is 13.6 Å². The van der Waals surface area contributed by atoms with E-state index in [0.717, 1.165) is 57.7 Å². The number of carbonyl (C=O) groups is 1. The van der Waals surface area contributed by atoms with Crippen LogP contribution in [0, 0.1) is 5.41 Å².